The topological polar surface area (TPSA) is 84.5 Å². The van der Waals surface area contributed by atoms with Gasteiger partial charge in [0.25, 0.3) is 5.91 Å². The Hall–Kier alpha value is -1.60. The Balaban J connectivity index is 1.95. The molecule has 0 aromatic heterocycles. The maximum absolute atomic E-state index is 12.6. The van der Waals surface area contributed by atoms with E-state index in [1.54, 1.807) is 19.1 Å². The fourth-order valence-electron chi connectivity index (χ4n) is 3.02. The number of hydrogen-bond acceptors (Lipinski definition) is 4. The molecule has 1 saturated carbocycles. The largest absolute Gasteiger partial charge is 0.484 e. The maximum Gasteiger partial charge on any atom is 0.257 e. The molecule has 0 bridgehead atoms. The Morgan fingerprint density at radius 1 is 1.19 bits per heavy atom. The lowest BCUT2D eigenvalue weighted by Crippen LogP contribution is -2.36. The molecule has 1 aliphatic carbocycles. The number of amides is 1. The lowest BCUT2D eigenvalue weighted by Gasteiger charge is -2.22. The standard InChI is InChI=1S/C20H32N2O4S/c1-15-12-17(27(24,25)22-16-8-6-5-7-9-16)10-11-18(15)26-13-19(23)21-14-20(2,3)4/h10-12,16,22H,5-9,13-14H2,1-4H3,(H,21,23). The third kappa shape index (κ3) is 7.14. The van der Waals surface area contributed by atoms with Gasteiger partial charge >= 0.3 is 0 Å². The Morgan fingerprint density at radius 3 is 2.44 bits per heavy atom. The maximum atomic E-state index is 12.6. The van der Waals surface area contributed by atoms with Crippen molar-refractivity contribution in [2.45, 2.75) is 70.7 Å². The summed E-state index contributed by atoms with van der Waals surface area (Å²) in [5, 5.41) is 2.82. The number of carbonyl (C=O) groups excluding carboxylic acids is 1. The number of hydrogen-bond donors (Lipinski definition) is 2. The van der Waals surface area contributed by atoms with Crippen molar-refractivity contribution in [3.05, 3.63) is 23.8 Å². The molecule has 0 atom stereocenters. The molecule has 0 unspecified atom stereocenters. The molecule has 7 heteroatoms. The van der Waals surface area contributed by atoms with E-state index in [9.17, 15) is 13.2 Å². The van der Waals surface area contributed by atoms with Crippen LogP contribution in [0.1, 0.15) is 58.4 Å². The SMILES string of the molecule is Cc1cc(S(=O)(=O)NC2CCCCC2)ccc1OCC(=O)NCC(C)(C)C. The molecule has 2 rings (SSSR count). The highest BCUT2D eigenvalue weighted by atomic mass is 32.2. The van der Waals surface area contributed by atoms with E-state index in [0.717, 1.165) is 25.7 Å². The summed E-state index contributed by atoms with van der Waals surface area (Å²) >= 11 is 0. The quantitative estimate of drug-likeness (QED) is 0.741. The van der Waals surface area contributed by atoms with Gasteiger partial charge in [-0.3, -0.25) is 4.79 Å². The Kier molecular flexibility index (Phi) is 7.28. The van der Waals surface area contributed by atoms with E-state index >= 15 is 0 Å². The van der Waals surface area contributed by atoms with Crippen LogP contribution in [-0.4, -0.2) is 33.5 Å². The smallest absolute Gasteiger partial charge is 0.257 e. The first-order valence-electron chi connectivity index (χ1n) is 9.59. The third-order valence-corrected chi connectivity index (χ3v) is 6.08. The van der Waals surface area contributed by atoms with E-state index in [1.165, 1.54) is 12.5 Å². The monoisotopic (exact) mass is 396 g/mol. The fourth-order valence-corrected chi connectivity index (χ4v) is 4.41. The number of rotatable bonds is 7. The highest BCUT2D eigenvalue weighted by Crippen LogP contribution is 2.24. The van der Waals surface area contributed by atoms with E-state index in [-0.39, 0.29) is 28.9 Å². The van der Waals surface area contributed by atoms with Crippen LogP contribution in [0.2, 0.25) is 0 Å². The van der Waals surface area contributed by atoms with Crippen molar-refractivity contribution in [2.24, 2.45) is 5.41 Å². The average Bonchev–Trinajstić information content (AvgIpc) is 2.58. The predicted molar refractivity (Wildman–Crippen MR) is 106 cm³/mol. The van der Waals surface area contributed by atoms with Crippen LogP contribution >= 0.6 is 0 Å². The molecule has 0 saturated heterocycles. The summed E-state index contributed by atoms with van der Waals surface area (Å²) < 4.78 is 33.5. The Labute approximate surface area is 163 Å². The molecular formula is C20H32N2O4S. The lowest BCUT2D eigenvalue weighted by molar-refractivity contribution is -0.123. The summed E-state index contributed by atoms with van der Waals surface area (Å²) in [4.78, 5) is 12.1. The summed E-state index contributed by atoms with van der Waals surface area (Å²) in [6, 6.07) is 4.75. The number of benzene rings is 1. The average molecular weight is 397 g/mol. The molecule has 6 nitrogen and oxygen atoms in total. The van der Waals surface area contributed by atoms with Gasteiger partial charge in [-0.25, -0.2) is 13.1 Å². The molecule has 1 aromatic carbocycles. The first-order valence-corrected chi connectivity index (χ1v) is 11.1. The molecular weight excluding hydrogens is 364 g/mol. The van der Waals surface area contributed by atoms with Gasteiger partial charge in [0.1, 0.15) is 5.75 Å². The Bertz CT molecular complexity index is 748. The minimum Gasteiger partial charge on any atom is -0.484 e. The normalized spacial score (nSPS) is 16.1. The predicted octanol–water partition coefficient (Wildman–Crippen LogP) is 3.15. The number of nitrogens with one attached hydrogen (secondary N) is 2. The molecule has 1 fully saturated rings. The van der Waals surface area contributed by atoms with Gasteiger partial charge in [-0.1, -0.05) is 40.0 Å². The summed E-state index contributed by atoms with van der Waals surface area (Å²) in [5.41, 5.74) is 0.692. The summed E-state index contributed by atoms with van der Waals surface area (Å²) in [6.45, 7) is 8.37. The van der Waals surface area contributed by atoms with Gasteiger partial charge in [0.15, 0.2) is 6.61 Å². The van der Waals surface area contributed by atoms with Crippen LogP contribution in [0, 0.1) is 12.3 Å². The van der Waals surface area contributed by atoms with Crippen LogP contribution in [0.4, 0.5) is 0 Å². The minimum absolute atomic E-state index is 0.00686. The highest BCUT2D eigenvalue weighted by molar-refractivity contribution is 7.89. The van der Waals surface area contributed by atoms with Crippen molar-refractivity contribution < 1.29 is 17.9 Å². The molecule has 1 aromatic rings. The molecule has 27 heavy (non-hydrogen) atoms. The lowest BCUT2D eigenvalue weighted by atomic mass is 9.96. The zero-order valence-electron chi connectivity index (χ0n) is 16.8. The van der Waals surface area contributed by atoms with Gasteiger partial charge < -0.3 is 10.1 Å². The molecule has 2 N–H and O–H groups in total. The van der Waals surface area contributed by atoms with Crippen molar-refractivity contribution in [2.75, 3.05) is 13.2 Å². The number of carbonyl (C=O) groups is 1. The second-order valence-electron chi connectivity index (χ2n) is 8.51. The van der Waals surface area contributed by atoms with Crippen LogP contribution < -0.4 is 14.8 Å². The Morgan fingerprint density at radius 2 is 1.85 bits per heavy atom. The zero-order chi connectivity index (χ0) is 20.1. The molecule has 0 heterocycles. The van der Waals surface area contributed by atoms with E-state index in [4.69, 9.17) is 4.74 Å². The minimum atomic E-state index is -3.54. The van der Waals surface area contributed by atoms with Crippen molar-refractivity contribution in [1.29, 1.82) is 0 Å². The molecule has 0 spiro atoms. The second kappa shape index (κ2) is 9.06. The summed E-state index contributed by atoms with van der Waals surface area (Å²) in [6.07, 6.45) is 5.09. The molecule has 0 aliphatic heterocycles. The first-order chi connectivity index (χ1) is 12.6. The highest BCUT2D eigenvalue weighted by Gasteiger charge is 2.22. The van der Waals surface area contributed by atoms with E-state index in [2.05, 4.69) is 10.0 Å². The van der Waals surface area contributed by atoms with Crippen molar-refractivity contribution in [3.8, 4) is 5.75 Å². The number of aryl methyl sites for hydroxylation is 1. The third-order valence-electron chi connectivity index (χ3n) is 4.56. The van der Waals surface area contributed by atoms with Crippen LogP contribution in [0.5, 0.6) is 5.75 Å². The van der Waals surface area contributed by atoms with E-state index in [0.29, 0.717) is 17.9 Å². The van der Waals surface area contributed by atoms with Gasteiger partial charge in [0.2, 0.25) is 10.0 Å². The van der Waals surface area contributed by atoms with E-state index in [1.807, 2.05) is 20.8 Å². The van der Waals surface area contributed by atoms with Crippen LogP contribution in [0.3, 0.4) is 0 Å². The van der Waals surface area contributed by atoms with Gasteiger partial charge in [0, 0.05) is 12.6 Å². The molecule has 0 radical (unpaired) electrons. The van der Waals surface area contributed by atoms with Gasteiger partial charge in [-0.05, 0) is 48.9 Å². The summed E-state index contributed by atoms with van der Waals surface area (Å²) in [5.74, 6) is 0.317. The number of ether oxygens (including phenoxy) is 1. The number of sulfonamides is 1. The fraction of sp³-hybridized carbons (Fsp3) is 0.650. The zero-order valence-corrected chi connectivity index (χ0v) is 17.6. The van der Waals surface area contributed by atoms with Crippen molar-refractivity contribution in [1.82, 2.24) is 10.0 Å². The van der Waals surface area contributed by atoms with Crippen LogP contribution in [-0.2, 0) is 14.8 Å². The van der Waals surface area contributed by atoms with Crippen LogP contribution in [0.25, 0.3) is 0 Å². The van der Waals surface area contributed by atoms with Gasteiger partial charge in [-0.15, -0.1) is 0 Å². The van der Waals surface area contributed by atoms with Gasteiger partial charge in [0.05, 0.1) is 4.90 Å². The second-order valence-corrected chi connectivity index (χ2v) is 10.2. The summed E-state index contributed by atoms with van der Waals surface area (Å²) in [7, 11) is -3.54. The first kappa shape index (κ1) is 21.7. The molecule has 152 valence electrons. The molecule has 1 aliphatic rings. The van der Waals surface area contributed by atoms with Crippen molar-refractivity contribution in [3.63, 3.8) is 0 Å². The van der Waals surface area contributed by atoms with E-state index < -0.39 is 10.0 Å². The molecule has 1 amide bonds. The van der Waals surface area contributed by atoms with Crippen LogP contribution in [0.15, 0.2) is 23.1 Å². The van der Waals surface area contributed by atoms with Crippen molar-refractivity contribution >= 4 is 15.9 Å². The van der Waals surface area contributed by atoms with Gasteiger partial charge in [-0.2, -0.15) is 0 Å².